The maximum atomic E-state index is 5.25. The number of ether oxygens (including phenoxy) is 1. The number of likely N-dealkylation sites (tertiary alicyclic amines) is 1. The number of halogens is 1. The molecule has 1 atom stereocenters. The maximum absolute atomic E-state index is 5.25. The summed E-state index contributed by atoms with van der Waals surface area (Å²) in [5.74, 6) is 1.76. The SMILES string of the molecule is CCNC(=NCC1(C)CC1)N1CCC(COC)C1.I. The van der Waals surface area contributed by atoms with E-state index in [0.29, 0.717) is 11.3 Å². The van der Waals surface area contributed by atoms with Crippen LogP contribution < -0.4 is 5.32 Å². The fourth-order valence-corrected chi connectivity index (χ4v) is 2.46. The summed E-state index contributed by atoms with van der Waals surface area (Å²) in [5.41, 5.74) is 0.492. The molecule has 19 heavy (non-hydrogen) atoms. The molecule has 1 heterocycles. The van der Waals surface area contributed by atoms with Gasteiger partial charge in [0.1, 0.15) is 0 Å². The average Bonchev–Trinajstić information content (AvgIpc) is 2.90. The Kier molecular flexibility index (Phi) is 6.86. The summed E-state index contributed by atoms with van der Waals surface area (Å²) >= 11 is 0. The molecule has 1 unspecified atom stereocenters. The summed E-state index contributed by atoms with van der Waals surface area (Å²) in [6.07, 6.45) is 3.89. The molecule has 2 aliphatic rings. The Balaban J connectivity index is 0.00000180. The second-order valence-electron chi connectivity index (χ2n) is 6.04. The molecule has 4 nitrogen and oxygen atoms in total. The lowest BCUT2D eigenvalue weighted by Gasteiger charge is -2.22. The van der Waals surface area contributed by atoms with Crippen LogP contribution in [0, 0.1) is 11.3 Å². The van der Waals surface area contributed by atoms with E-state index >= 15 is 0 Å². The Morgan fingerprint density at radius 1 is 1.47 bits per heavy atom. The van der Waals surface area contributed by atoms with E-state index in [9.17, 15) is 0 Å². The number of hydrogen-bond acceptors (Lipinski definition) is 2. The zero-order chi connectivity index (χ0) is 13.0. The summed E-state index contributed by atoms with van der Waals surface area (Å²) in [6, 6.07) is 0. The standard InChI is InChI=1S/C14H27N3O.HI/c1-4-15-13(16-11-14(2)6-7-14)17-8-5-12(9-17)10-18-3;/h12H,4-11H2,1-3H3,(H,15,16);1H. The second kappa shape index (κ2) is 7.67. The van der Waals surface area contributed by atoms with Gasteiger partial charge in [0.2, 0.25) is 0 Å². The predicted molar refractivity (Wildman–Crippen MR) is 90.3 cm³/mol. The molecule has 0 spiro atoms. The third kappa shape index (κ3) is 5.10. The minimum Gasteiger partial charge on any atom is -0.384 e. The van der Waals surface area contributed by atoms with Gasteiger partial charge in [0, 0.05) is 39.2 Å². The number of methoxy groups -OCH3 is 1. The van der Waals surface area contributed by atoms with Gasteiger partial charge in [-0.1, -0.05) is 6.92 Å². The summed E-state index contributed by atoms with van der Waals surface area (Å²) in [4.78, 5) is 7.20. The maximum Gasteiger partial charge on any atom is 0.193 e. The molecule has 1 N–H and O–H groups in total. The van der Waals surface area contributed by atoms with E-state index in [-0.39, 0.29) is 24.0 Å². The molecular weight excluding hydrogens is 353 g/mol. The highest BCUT2D eigenvalue weighted by Gasteiger charge is 2.37. The summed E-state index contributed by atoms with van der Waals surface area (Å²) in [6.45, 7) is 9.44. The quantitative estimate of drug-likeness (QED) is 0.451. The van der Waals surface area contributed by atoms with Crippen molar-refractivity contribution in [3.63, 3.8) is 0 Å². The fraction of sp³-hybridized carbons (Fsp3) is 0.929. The minimum atomic E-state index is 0. The van der Waals surface area contributed by atoms with Gasteiger partial charge >= 0.3 is 0 Å². The Hall–Kier alpha value is -0.0400. The first kappa shape index (κ1) is 17.0. The number of nitrogens with one attached hydrogen (secondary N) is 1. The molecule has 1 aliphatic carbocycles. The lowest BCUT2D eigenvalue weighted by atomic mass is 10.1. The first-order valence-corrected chi connectivity index (χ1v) is 7.19. The molecule has 0 amide bonds. The highest BCUT2D eigenvalue weighted by Crippen LogP contribution is 2.45. The Morgan fingerprint density at radius 3 is 2.79 bits per heavy atom. The molecule has 0 aromatic rings. The number of nitrogens with zero attached hydrogens (tertiary/aromatic N) is 2. The highest BCUT2D eigenvalue weighted by atomic mass is 127. The molecule has 0 aromatic carbocycles. The van der Waals surface area contributed by atoms with Crippen molar-refractivity contribution in [1.29, 1.82) is 0 Å². The van der Waals surface area contributed by atoms with Crippen molar-refractivity contribution in [2.75, 3.05) is 39.9 Å². The van der Waals surface area contributed by atoms with Crippen molar-refractivity contribution in [2.45, 2.75) is 33.1 Å². The number of hydrogen-bond donors (Lipinski definition) is 1. The Morgan fingerprint density at radius 2 is 2.21 bits per heavy atom. The van der Waals surface area contributed by atoms with Gasteiger partial charge in [-0.15, -0.1) is 24.0 Å². The zero-order valence-corrected chi connectivity index (χ0v) is 14.8. The molecule has 1 saturated heterocycles. The first-order valence-electron chi connectivity index (χ1n) is 7.19. The second-order valence-corrected chi connectivity index (χ2v) is 6.04. The van der Waals surface area contributed by atoms with Crippen LogP contribution in [-0.4, -0.2) is 50.8 Å². The van der Waals surface area contributed by atoms with Crippen LogP contribution in [0.1, 0.15) is 33.1 Å². The third-order valence-electron chi connectivity index (χ3n) is 4.04. The van der Waals surface area contributed by atoms with Crippen LogP contribution >= 0.6 is 24.0 Å². The highest BCUT2D eigenvalue weighted by molar-refractivity contribution is 14.0. The Labute approximate surface area is 134 Å². The molecule has 0 radical (unpaired) electrons. The smallest absolute Gasteiger partial charge is 0.193 e. The lowest BCUT2D eigenvalue weighted by Crippen LogP contribution is -2.40. The molecule has 1 aliphatic heterocycles. The number of aliphatic imine (C=N–C) groups is 1. The molecule has 5 heteroatoms. The van der Waals surface area contributed by atoms with Crippen molar-refractivity contribution in [1.82, 2.24) is 10.2 Å². The Bertz CT molecular complexity index is 305. The van der Waals surface area contributed by atoms with Crippen LogP contribution in [0.2, 0.25) is 0 Å². The van der Waals surface area contributed by atoms with Gasteiger partial charge in [0.15, 0.2) is 5.96 Å². The van der Waals surface area contributed by atoms with E-state index in [4.69, 9.17) is 9.73 Å². The van der Waals surface area contributed by atoms with Gasteiger partial charge in [-0.2, -0.15) is 0 Å². The molecule has 2 rings (SSSR count). The van der Waals surface area contributed by atoms with Crippen LogP contribution in [0.25, 0.3) is 0 Å². The normalized spacial score (nSPS) is 25.1. The summed E-state index contributed by atoms with van der Waals surface area (Å²) in [7, 11) is 1.79. The van der Waals surface area contributed by atoms with E-state index in [2.05, 4.69) is 24.1 Å². The van der Waals surface area contributed by atoms with Crippen LogP contribution in [0.5, 0.6) is 0 Å². The molecule has 2 fully saturated rings. The van der Waals surface area contributed by atoms with Crippen LogP contribution in [-0.2, 0) is 4.74 Å². The molecule has 0 bridgehead atoms. The summed E-state index contributed by atoms with van der Waals surface area (Å²) < 4.78 is 5.25. The van der Waals surface area contributed by atoms with Crippen molar-refractivity contribution in [2.24, 2.45) is 16.3 Å². The topological polar surface area (TPSA) is 36.9 Å². The largest absolute Gasteiger partial charge is 0.384 e. The van der Waals surface area contributed by atoms with E-state index in [1.54, 1.807) is 7.11 Å². The lowest BCUT2D eigenvalue weighted by molar-refractivity contribution is 0.157. The van der Waals surface area contributed by atoms with Gasteiger partial charge in [0.05, 0.1) is 6.61 Å². The van der Waals surface area contributed by atoms with Gasteiger partial charge in [-0.05, 0) is 31.6 Å². The van der Waals surface area contributed by atoms with Crippen LogP contribution in [0.4, 0.5) is 0 Å². The van der Waals surface area contributed by atoms with Crippen molar-refractivity contribution in [3.8, 4) is 0 Å². The average molecular weight is 381 g/mol. The summed E-state index contributed by atoms with van der Waals surface area (Å²) in [5, 5.41) is 3.42. The molecular formula is C14H28IN3O. The number of rotatable bonds is 5. The fourth-order valence-electron chi connectivity index (χ4n) is 2.46. The van der Waals surface area contributed by atoms with E-state index < -0.39 is 0 Å². The van der Waals surface area contributed by atoms with Crippen molar-refractivity contribution < 1.29 is 4.74 Å². The van der Waals surface area contributed by atoms with Gasteiger partial charge in [-0.25, -0.2) is 0 Å². The van der Waals surface area contributed by atoms with Gasteiger partial charge in [-0.3, -0.25) is 4.99 Å². The monoisotopic (exact) mass is 381 g/mol. The molecule has 112 valence electrons. The minimum absolute atomic E-state index is 0. The predicted octanol–water partition coefficient (Wildman–Crippen LogP) is 2.34. The van der Waals surface area contributed by atoms with Crippen LogP contribution in [0.3, 0.4) is 0 Å². The van der Waals surface area contributed by atoms with Crippen LogP contribution in [0.15, 0.2) is 4.99 Å². The zero-order valence-electron chi connectivity index (χ0n) is 12.4. The first-order chi connectivity index (χ1) is 8.67. The third-order valence-corrected chi connectivity index (χ3v) is 4.04. The van der Waals surface area contributed by atoms with Crippen molar-refractivity contribution in [3.05, 3.63) is 0 Å². The molecule has 0 aromatic heterocycles. The van der Waals surface area contributed by atoms with Crippen molar-refractivity contribution >= 4 is 29.9 Å². The van der Waals surface area contributed by atoms with Gasteiger partial charge in [0.25, 0.3) is 0 Å². The van der Waals surface area contributed by atoms with E-state index in [0.717, 1.165) is 38.7 Å². The van der Waals surface area contributed by atoms with Gasteiger partial charge < -0.3 is 15.0 Å². The van der Waals surface area contributed by atoms with E-state index in [1.807, 2.05) is 0 Å². The molecule has 1 saturated carbocycles. The van der Waals surface area contributed by atoms with E-state index in [1.165, 1.54) is 19.3 Å². The number of guanidine groups is 1.